The molecule has 0 fully saturated rings. The molecule has 0 radical (unpaired) electrons. The van der Waals surface area contributed by atoms with Crippen LogP contribution >= 0.6 is 0 Å². The first-order chi connectivity index (χ1) is 5.07. The van der Waals surface area contributed by atoms with E-state index in [4.69, 9.17) is 5.11 Å². The third-order valence-electron chi connectivity index (χ3n) is 1.71. The molecule has 0 bridgehead atoms. The largest absolute Gasteiger partial charge is 0.478 e. The second kappa shape index (κ2) is 4.91. The second-order valence-corrected chi connectivity index (χ2v) is 2.51. The maximum absolute atomic E-state index is 10.1. The fraction of sp³-hybridized carbons (Fsp3) is 0.625. The monoisotopic (exact) mass is 157 g/mol. The van der Waals surface area contributed by atoms with Crippen molar-refractivity contribution in [1.82, 2.24) is 4.90 Å². The Balaban J connectivity index is 3.85. The van der Waals surface area contributed by atoms with E-state index in [0.29, 0.717) is 0 Å². The van der Waals surface area contributed by atoms with Crippen LogP contribution in [0.4, 0.5) is 0 Å². The summed E-state index contributed by atoms with van der Waals surface area (Å²) in [7, 11) is 1.96. The molecular formula is C8H15NO2. The molecule has 11 heavy (non-hydrogen) atoms. The van der Waals surface area contributed by atoms with Crippen LogP contribution < -0.4 is 0 Å². The van der Waals surface area contributed by atoms with Gasteiger partial charge in [-0.15, -0.1) is 0 Å². The van der Waals surface area contributed by atoms with Crippen molar-refractivity contribution in [2.75, 3.05) is 13.6 Å². The fourth-order valence-electron chi connectivity index (χ4n) is 0.656. The molecule has 1 N–H and O–H groups in total. The number of rotatable bonds is 4. The summed E-state index contributed by atoms with van der Waals surface area (Å²) in [4.78, 5) is 12.2. The van der Waals surface area contributed by atoms with Crippen molar-refractivity contribution in [3.05, 3.63) is 12.2 Å². The molecule has 0 aliphatic heterocycles. The van der Waals surface area contributed by atoms with Crippen molar-refractivity contribution in [2.45, 2.75) is 19.9 Å². The van der Waals surface area contributed by atoms with Gasteiger partial charge in [-0.1, -0.05) is 13.0 Å². The van der Waals surface area contributed by atoms with Gasteiger partial charge in [-0.05, 0) is 20.5 Å². The Hall–Kier alpha value is -0.830. The van der Waals surface area contributed by atoms with Crippen LogP contribution in [-0.4, -0.2) is 35.6 Å². The maximum atomic E-state index is 10.1. The normalized spacial score (nSPS) is 14.2. The lowest BCUT2D eigenvalue weighted by Crippen LogP contribution is -2.26. The summed E-state index contributed by atoms with van der Waals surface area (Å²) < 4.78 is 0. The van der Waals surface area contributed by atoms with Crippen LogP contribution in [0.1, 0.15) is 13.8 Å². The quantitative estimate of drug-likeness (QED) is 0.618. The van der Waals surface area contributed by atoms with Crippen LogP contribution in [0.2, 0.25) is 0 Å². The first kappa shape index (κ1) is 10.2. The van der Waals surface area contributed by atoms with Crippen LogP contribution in [-0.2, 0) is 4.79 Å². The van der Waals surface area contributed by atoms with Gasteiger partial charge >= 0.3 is 5.97 Å². The number of nitrogens with zero attached hydrogens (tertiary/aromatic N) is 1. The third-order valence-corrected chi connectivity index (χ3v) is 1.71. The standard InChI is InChI=1S/C8H15NO2/c1-4-9(3)7(2)5-6-8(10)11/h5-7H,4H2,1-3H3,(H,10,11)/b6-5+/t7-/m1/s1. The SMILES string of the molecule is CCN(C)[C@H](C)/C=C/C(=O)O. The summed E-state index contributed by atoms with van der Waals surface area (Å²) >= 11 is 0. The van der Waals surface area contributed by atoms with E-state index >= 15 is 0 Å². The van der Waals surface area contributed by atoms with Crippen LogP contribution in [0.15, 0.2) is 12.2 Å². The summed E-state index contributed by atoms with van der Waals surface area (Å²) in [6, 6.07) is 0.191. The van der Waals surface area contributed by atoms with Gasteiger partial charge in [0.05, 0.1) is 0 Å². The van der Waals surface area contributed by atoms with Crippen LogP contribution in [0.3, 0.4) is 0 Å². The molecule has 0 rings (SSSR count). The van der Waals surface area contributed by atoms with E-state index in [-0.39, 0.29) is 6.04 Å². The smallest absolute Gasteiger partial charge is 0.328 e. The zero-order chi connectivity index (χ0) is 8.85. The Morgan fingerprint density at radius 2 is 2.27 bits per heavy atom. The molecule has 64 valence electrons. The summed E-state index contributed by atoms with van der Waals surface area (Å²) in [5.74, 6) is -0.888. The predicted molar refractivity (Wildman–Crippen MR) is 44.5 cm³/mol. The van der Waals surface area contributed by atoms with Gasteiger partial charge in [0, 0.05) is 12.1 Å². The number of likely N-dealkylation sites (N-methyl/N-ethyl adjacent to an activating group) is 1. The van der Waals surface area contributed by atoms with Crippen molar-refractivity contribution in [3.63, 3.8) is 0 Å². The highest BCUT2D eigenvalue weighted by molar-refractivity contribution is 5.79. The van der Waals surface area contributed by atoms with Crippen molar-refractivity contribution in [2.24, 2.45) is 0 Å². The molecule has 0 amide bonds. The van der Waals surface area contributed by atoms with Crippen molar-refractivity contribution < 1.29 is 9.90 Å². The summed E-state index contributed by atoms with van der Waals surface area (Å²) in [6.07, 6.45) is 2.85. The molecule has 0 heterocycles. The maximum Gasteiger partial charge on any atom is 0.328 e. The number of aliphatic carboxylic acids is 1. The first-order valence-electron chi connectivity index (χ1n) is 3.69. The molecular weight excluding hydrogens is 142 g/mol. The van der Waals surface area contributed by atoms with Crippen molar-refractivity contribution in [1.29, 1.82) is 0 Å². The molecule has 0 aromatic rings. The molecule has 0 spiro atoms. The zero-order valence-corrected chi connectivity index (χ0v) is 7.24. The van der Waals surface area contributed by atoms with Crippen molar-refractivity contribution in [3.8, 4) is 0 Å². The predicted octanol–water partition coefficient (Wildman–Crippen LogP) is 0.967. The highest BCUT2D eigenvalue weighted by Gasteiger charge is 2.01. The molecule has 0 aromatic heterocycles. The van der Waals surface area contributed by atoms with Gasteiger partial charge in [-0.2, -0.15) is 0 Å². The zero-order valence-electron chi connectivity index (χ0n) is 7.24. The lowest BCUT2D eigenvalue weighted by atomic mass is 10.3. The topological polar surface area (TPSA) is 40.5 Å². The third kappa shape index (κ3) is 4.56. The Bertz CT molecular complexity index is 154. The van der Waals surface area contributed by atoms with Gasteiger partial charge in [-0.3, -0.25) is 0 Å². The molecule has 0 aromatic carbocycles. The van der Waals surface area contributed by atoms with Crippen molar-refractivity contribution >= 4 is 5.97 Å². The summed E-state index contributed by atoms with van der Waals surface area (Å²) in [6.45, 7) is 4.92. The minimum atomic E-state index is -0.888. The van der Waals surface area contributed by atoms with E-state index in [0.717, 1.165) is 6.54 Å². The summed E-state index contributed by atoms with van der Waals surface area (Å²) in [5.41, 5.74) is 0. The second-order valence-electron chi connectivity index (χ2n) is 2.51. The average Bonchev–Trinajstić information content (AvgIpc) is 1.98. The average molecular weight is 157 g/mol. The molecule has 0 saturated carbocycles. The first-order valence-corrected chi connectivity index (χ1v) is 3.69. The lowest BCUT2D eigenvalue weighted by Gasteiger charge is -2.18. The van der Waals surface area contributed by atoms with E-state index < -0.39 is 5.97 Å². The van der Waals surface area contributed by atoms with E-state index in [9.17, 15) is 4.79 Å². The Kier molecular flexibility index (Phi) is 4.54. The molecule has 0 aliphatic rings. The number of hydrogen-bond acceptors (Lipinski definition) is 2. The fourth-order valence-corrected chi connectivity index (χ4v) is 0.656. The Morgan fingerprint density at radius 3 is 2.64 bits per heavy atom. The van der Waals surface area contributed by atoms with Crippen LogP contribution in [0, 0.1) is 0 Å². The summed E-state index contributed by atoms with van der Waals surface area (Å²) in [5, 5.41) is 8.31. The van der Waals surface area contributed by atoms with Gasteiger partial charge < -0.3 is 10.0 Å². The molecule has 0 saturated heterocycles. The van der Waals surface area contributed by atoms with E-state index in [2.05, 4.69) is 4.90 Å². The van der Waals surface area contributed by atoms with Gasteiger partial charge in [0.15, 0.2) is 0 Å². The minimum Gasteiger partial charge on any atom is -0.478 e. The molecule has 1 atom stereocenters. The Morgan fingerprint density at radius 1 is 1.73 bits per heavy atom. The number of carboxylic acid groups (broad SMARTS) is 1. The van der Waals surface area contributed by atoms with Crippen LogP contribution in [0.5, 0.6) is 0 Å². The highest BCUT2D eigenvalue weighted by Crippen LogP contribution is 1.95. The van der Waals surface area contributed by atoms with Gasteiger partial charge in [0.1, 0.15) is 0 Å². The highest BCUT2D eigenvalue weighted by atomic mass is 16.4. The lowest BCUT2D eigenvalue weighted by molar-refractivity contribution is -0.131. The molecule has 0 unspecified atom stereocenters. The molecule has 0 aliphatic carbocycles. The number of carbonyl (C=O) groups is 1. The van der Waals surface area contributed by atoms with Gasteiger partial charge in [-0.25, -0.2) is 4.79 Å². The number of carboxylic acids is 1. The van der Waals surface area contributed by atoms with Crippen LogP contribution in [0.25, 0.3) is 0 Å². The van der Waals surface area contributed by atoms with E-state index in [1.165, 1.54) is 6.08 Å². The minimum absolute atomic E-state index is 0.191. The van der Waals surface area contributed by atoms with E-state index in [1.54, 1.807) is 6.08 Å². The molecule has 3 heteroatoms. The van der Waals surface area contributed by atoms with Gasteiger partial charge in [0.2, 0.25) is 0 Å². The van der Waals surface area contributed by atoms with Gasteiger partial charge in [0.25, 0.3) is 0 Å². The van der Waals surface area contributed by atoms with E-state index in [1.807, 2.05) is 20.9 Å². The Labute approximate surface area is 67.3 Å². The molecule has 3 nitrogen and oxygen atoms in total. The number of hydrogen-bond donors (Lipinski definition) is 1.